The van der Waals surface area contributed by atoms with Gasteiger partial charge in [0.1, 0.15) is 17.7 Å². The van der Waals surface area contributed by atoms with Crippen molar-refractivity contribution in [3.8, 4) is 0 Å². The summed E-state index contributed by atoms with van der Waals surface area (Å²) < 4.78 is 28.4. The summed E-state index contributed by atoms with van der Waals surface area (Å²) in [6.45, 7) is 3.13. The van der Waals surface area contributed by atoms with Gasteiger partial charge in [0.25, 0.3) is 5.91 Å². The first-order valence-corrected chi connectivity index (χ1v) is 7.98. The number of hydrogen-bond acceptors (Lipinski definition) is 3. The molecular weight excluding hydrogens is 330 g/mol. The molecule has 1 atom stereocenters. The molecule has 0 saturated carbocycles. The van der Waals surface area contributed by atoms with Crippen molar-refractivity contribution in [3.63, 3.8) is 0 Å². The van der Waals surface area contributed by atoms with E-state index in [2.05, 4.69) is 4.98 Å². The number of nitrogens with zero attached hydrogens (tertiary/aromatic N) is 4. The van der Waals surface area contributed by atoms with E-state index in [1.165, 1.54) is 4.90 Å². The fourth-order valence-corrected chi connectivity index (χ4v) is 2.85. The Morgan fingerprint density at radius 3 is 2.40 bits per heavy atom. The Labute approximate surface area is 143 Å². The Kier molecular flexibility index (Phi) is 4.78. The van der Waals surface area contributed by atoms with E-state index in [4.69, 9.17) is 0 Å². The zero-order chi connectivity index (χ0) is 18.0. The number of amides is 2. The SMILES string of the molecule is CC(C(=O)N1CCN(C(=O)c2ccc(F)cc2F)CC1)n1ccnc1. The van der Waals surface area contributed by atoms with Gasteiger partial charge in [-0.2, -0.15) is 0 Å². The normalized spacial score (nSPS) is 16.0. The van der Waals surface area contributed by atoms with Crippen molar-refractivity contribution in [1.29, 1.82) is 0 Å². The summed E-state index contributed by atoms with van der Waals surface area (Å²) in [6.07, 6.45) is 4.91. The summed E-state index contributed by atoms with van der Waals surface area (Å²) in [5, 5.41) is 0. The molecule has 1 aliphatic heterocycles. The highest BCUT2D eigenvalue weighted by Crippen LogP contribution is 2.16. The fraction of sp³-hybridized carbons (Fsp3) is 0.353. The molecule has 0 N–H and O–H groups in total. The second kappa shape index (κ2) is 7.00. The molecular formula is C17H18F2N4O2. The molecule has 1 unspecified atom stereocenters. The first-order valence-electron chi connectivity index (χ1n) is 7.98. The van der Waals surface area contributed by atoms with Crippen LogP contribution in [0.4, 0.5) is 8.78 Å². The van der Waals surface area contributed by atoms with E-state index in [1.54, 1.807) is 35.1 Å². The van der Waals surface area contributed by atoms with E-state index in [9.17, 15) is 18.4 Å². The van der Waals surface area contributed by atoms with Crippen LogP contribution < -0.4 is 0 Å². The van der Waals surface area contributed by atoms with E-state index < -0.39 is 17.5 Å². The lowest BCUT2D eigenvalue weighted by atomic mass is 10.1. The lowest BCUT2D eigenvalue weighted by Gasteiger charge is -2.36. The lowest BCUT2D eigenvalue weighted by molar-refractivity contribution is -0.135. The number of piperazine rings is 1. The smallest absolute Gasteiger partial charge is 0.256 e. The maximum absolute atomic E-state index is 13.8. The van der Waals surface area contributed by atoms with Crippen molar-refractivity contribution in [3.05, 3.63) is 54.1 Å². The van der Waals surface area contributed by atoms with Crippen molar-refractivity contribution in [1.82, 2.24) is 19.4 Å². The largest absolute Gasteiger partial charge is 0.337 e. The van der Waals surface area contributed by atoms with Gasteiger partial charge < -0.3 is 14.4 Å². The standard InChI is InChI=1S/C17H18F2N4O2/c1-12(23-5-4-20-11-23)16(24)21-6-8-22(9-7-21)17(25)14-3-2-13(18)10-15(14)19/h2-5,10-12H,6-9H2,1H3. The highest BCUT2D eigenvalue weighted by molar-refractivity contribution is 5.94. The Morgan fingerprint density at radius 1 is 1.12 bits per heavy atom. The summed E-state index contributed by atoms with van der Waals surface area (Å²) in [6, 6.07) is 2.52. The monoisotopic (exact) mass is 348 g/mol. The van der Waals surface area contributed by atoms with Crippen LogP contribution in [0.1, 0.15) is 23.3 Å². The molecule has 2 heterocycles. The number of hydrogen-bond donors (Lipinski definition) is 0. The first-order chi connectivity index (χ1) is 12.0. The van der Waals surface area contributed by atoms with Gasteiger partial charge in [-0.05, 0) is 19.1 Å². The molecule has 132 valence electrons. The number of benzene rings is 1. The van der Waals surface area contributed by atoms with Crippen molar-refractivity contribution in [2.45, 2.75) is 13.0 Å². The highest BCUT2D eigenvalue weighted by atomic mass is 19.1. The third-order valence-corrected chi connectivity index (χ3v) is 4.37. The molecule has 25 heavy (non-hydrogen) atoms. The lowest BCUT2D eigenvalue weighted by Crippen LogP contribution is -2.52. The Balaban J connectivity index is 1.61. The zero-order valence-electron chi connectivity index (χ0n) is 13.7. The topological polar surface area (TPSA) is 58.4 Å². The molecule has 2 amide bonds. The van der Waals surface area contributed by atoms with Gasteiger partial charge in [-0.25, -0.2) is 13.8 Å². The van der Waals surface area contributed by atoms with Crippen molar-refractivity contribution >= 4 is 11.8 Å². The Hall–Kier alpha value is -2.77. The summed E-state index contributed by atoms with van der Waals surface area (Å²) >= 11 is 0. The van der Waals surface area contributed by atoms with Crippen molar-refractivity contribution < 1.29 is 18.4 Å². The second-order valence-corrected chi connectivity index (χ2v) is 5.93. The van der Waals surface area contributed by atoms with E-state index in [-0.39, 0.29) is 17.5 Å². The molecule has 0 spiro atoms. The van der Waals surface area contributed by atoms with Crippen LogP contribution >= 0.6 is 0 Å². The molecule has 1 fully saturated rings. The summed E-state index contributed by atoms with van der Waals surface area (Å²) in [4.78, 5) is 32.0. The van der Waals surface area contributed by atoms with Crippen LogP contribution in [0.3, 0.4) is 0 Å². The Morgan fingerprint density at radius 2 is 1.80 bits per heavy atom. The van der Waals surface area contributed by atoms with Crippen LogP contribution in [0.15, 0.2) is 36.9 Å². The Bertz CT molecular complexity index is 771. The van der Waals surface area contributed by atoms with Gasteiger partial charge >= 0.3 is 0 Å². The van der Waals surface area contributed by atoms with Gasteiger partial charge in [0.05, 0.1) is 11.9 Å². The third kappa shape index (κ3) is 3.52. The van der Waals surface area contributed by atoms with Crippen LogP contribution in [0.2, 0.25) is 0 Å². The number of imidazole rings is 1. The molecule has 3 rings (SSSR count). The molecule has 1 saturated heterocycles. The highest BCUT2D eigenvalue weighted by Gasteiger charge is 2.28. The fourth-order valence-electron chi connectivity index (χ4n) is 2.85. The number of halogens is 2. The number of carbonyl (C=O) groups excluding carboxylic acids is 2. The molecule has 1 aromatic heterocycles. The van der Waals surface area contributed by atoms with E-state index in [0.29, 0.717) is 32.2 Å². The molecule has 1 aromatic carbocycles. The molecule has 6 nitrogen and oxygen atoms in total. The molecule has 8 heteroatoms. The van der Waals surface area contributed by atoms with E-state index >= 15 is 0 Å². The van der Waals surface area contributed by atoms with Gasteiger partial charge in [0.15, 0.2) is 0 Å². The van der Waals surface area contributed by atoms with Crippen molar-refractivity contribution in [2.75, 3.05) is 26.2 Å². The number of carbonyl (C=O) groups is 2. The van der Waals surface area contributed by atoms with Crippen molar-refractivity contribution in [2.24, 2.45) is 0 Å². The van der Waals surface area contributed by atoms with Gasteiger partial charge in [-0.3, -0.25) is 9.59 Å². The van der Waals surface area contributed by atoms with Crippen LogP contribution in [-0.4, -0.2) is 57.3 Å². The molecule has 0 aliphatic carbocycles. The summed E-state index contributed by atoms with van der Waals surface area (Å²) in [5.74, 6) is -2.15. The predicted molar refractivity (Wildman–Crippen MR) is 85.8 cm³/mol. The van der Waals surface area contributed by atoms with Crippen LogP contribution in [-0.2, 0) is 4.79 Å². The minimum atomic E-state index is -0.878. The van der Waals surface area contributed by atoms with Gasteiger partial charge in [0, 0.05) is 44.6 Å². The minimum Gasteiger partial charge on any atom is -0.337 e. The third-order valence-electron chi connectivity index (χ3n) is 4.37. The molecule has 0 bridgehead atoms. The van der Waals surface area contributed by atoms with E-state index in [0.717, 1.165) is 12.1 Å². The quantitative estimate of drug-likeness (QED) is 0.848. The van der Waals surface area contributed by atoms with Gasteiger partial charge in [-0.1, -0.05) is 0 Å². The summed E-state index contributed by atoms with van der Waals surface area (Å²) in [5.41, 5.74) is -0.159. The molecule has 0 radical (unpaired) electrons. The second-order valence-electron chi connectivity index (χ2n) is 5.93. The number of rotatable bonds is 3. The summed E-state index contributed by atoms with van der Waals surface area (Å²) in [7, 11) is 0. The molecule has 1 aliphatic rings. The average Bonchev–Trinajstić information content (AvgIpc) is 3.15. The van der Waals surface area contributed by atoms with Crippen LogP contribution in [0.25, 0.3) is 0 Å². The van der Waals surface area contributed by atoms with Crippen LogP contribution in [0, 0.1) is 11.6 Å². The van der Waals surface area contributed by atoms with Gasteiger partial charge in [-0.15, -0.1) is 0 Å². The molecule has 2 aromatic rings. The minimum absolute atomic E-state index is 0.0574. The maximum atomic E-state index is 13.8. The average molecular weight is 348 g/mol. The number of aromatic nitrogens is 2. The van der Waals surface area contributed by atoms with E-state index in [1.807, 2.05) is 0 Å². The predicted octanol–water partition coefficient (Wildman–Crippen LogP) is 1.71. The zero-order valence-corrected chi connectivity index (χ0v) is 13.7. The van der Waals surface area contributed by atoms with Crippen LogP contribution in [0.5, 0.6) is 0 Å². The first kappa shape index (κ1) is 17.1. The van der Waals surface area contributed by atoms with Gasteiger partial charge in [0.2, 0.25) is 5.91 Å². The maximum Gasteiger partial charge on any atom is 0.256 e.